The van der Waals surface area contributed by atoms with E-state index in [2.05, 4.69) is 12.2 Å². The Bertz CT molecular complexity index is 628. The third kappa shape index (κ3) is 4.94. The highest BCUT2D eigenvalue weighted by Crippen LogP contribution is 2.19. The second-order valence-corrected chi connectivity index (χ2v) is 7.48. The van der Waals surface area contributed by atoms with Crippen LogP contribution in [-0.2, 0) is 16.4 Å². The van der Waals surface area contributed by atoms with Crippen molar-refractivity contribution in [1.82, 2.24) is 10.2 Å². The number of rotatable bonds is 5. The van der Waals surface area contributed by atoms with Gasteiger partial charge in [-0.3, -0.25) is 0 Å². The minimum absolute atomic E-state index is 0.00212. The summed E-state index contributed by atoms with van der Waals surface area (Å²) in [4.78, 5) is 14.3. The van der Waals surface area contributed by atoms with Crippen molar-refractivity contribution in [2.75, 3.05) is 13.1 Å². The van der Waals surface area contributed by atoms with Crippen molar-refractivity contribution in [3.63, 3.8) is 0 Å². The number of hydrogen-bond acceptors (Lipinski definition) is 3. The summed E-state index contributed by atoms with van der Waals surface area (Å²) in [5, 5.41) is 8.02. The van der Waals surface area contributed by atoms with E-state index in [9.17, 15) is 13.2 Å². The van der Waals surface area contributed by atoms with Gasteiger partial charge in [0, 0.05) is 19.1 Å². The average Bonchev–Trinajstić information content (AvgIpc) is 2.54. The Morgan fingerprint density at radius 2 is 2.00 bits per heavy atom. The molecule has 1 fully saturated rings. The van der Waals surface area contributed by atoms with Crippen LogP contribution >= 0.6 is 0 Å². The molecule has 1 aromatic rings. The monoisotopic (exact) mass is 339 g/mol. The summed E-state index contributed by atoms with van der Waals surface area (Å²) in [6, 6.07) is 6.77. The van der Waals surface area contributed by atoms with E-state index in [0.717, 1.165) is 31.4 Å². The highest BCUT2D eigenvalue weighted by molar-refractivity contribution is 7.89. The minimum atomic E-state index is -3.65. The number of amides is 2. The van der Waals surface area contributed by atoms with E-state index in [1.165, 1.54) is 18.6 Å². The number of urea groups is 1. The van der Waals surface area contributed by atoms with Crippen molar-refractivity contribution >= 4 is 16.1 Å². The summed E-state index contributed by atoms with van der Waals surface area (Å²) < 4.78 is 22.4. The Kier molecular flexibility index (Phi) is 6.01. The summed E-state index contributed by atoms with van der Waals surface area (Å²) >= 11 is 0. The number of piperidine rings is 1. The zero-order valence-corrected chi connectivity index (χ0v) is 14.3. The topological polar surface area (TPSA) is 92.5 Å². The van der Waals surface area contributed by atoms with Gasteiger partial charge < -0.3 is 10.2 Å². The van der Waals surface area contributed by atoms with Gasteiger partial charge in [0.1, 0.15) is 0 Å². The maximum absolute atomic E-state index is 12.3. The third-order valence-electron chi connectivity index (χ3n) is 4.30. The molecule has 0 radical (unpaired) electrons. The van der Waals surface area contributed by atoms with Crippen molar-refractivity contribution in [1.29, 1.82) is 0 Å². The lowest BCUT2D eigenvalue weighted by molar-refractivity contribution is 0.149. The number of sulfonamides is 1. The molecule has 6 nitrogen and oxygen atoms in total. The Hall–Kier alpha value is -1.60. The molecule has 0 bridgehead atoms. The predicted octanol–water partition coefficient (Wildman–Crippen LogP) is 1.85. The van der Waals surface area contributed by atoms with Crippen LogP contribution in [0.15, 0.2) is 29.2 Å². The van der Waals surface area contributed by atoms with Crippen LogP contribution in [0.1, 0.15) is 38.2 Å². The van der Waals surface area contributed by atoms with Gasteiger partial charge in [0.05, 0.1) is 4.90 Å². The molecule has 7 heteroatoms. The molecule has 1 heterocycles. The number of nitrogens with two attached hydrogens (primary N) is 1. The van der Waals surface area contributed by atoms with Crippen LogP contribution < -0.4 is 10.5 Å². The zero-order chi connectivity index (χ0) is 16.9. The Morgan fingerprint density at radius 3 is 2.61 bits per heavy atom. The molecule has 2 amide bonds. The van der Waals surface area contributed by atoms with Gasteiger partial charge in [0.2, 0.25) is 10.0 Å². The zero-order valence-electron chi connectivity index (χ0n) is 13.5. The maximum Gasteiger partial charge on any atom is 0.317 e. The fraction of sp³-hybridized carbons (Fsp3) is 0.562. The van der Waals surface area contributed by atoms with Gasteiger partial charge in [-0.1, -0.05) is 19.1 Å². The molecule has 0 unspecified atom stereocenters. The van der Waals surface area contributed by atoms with Crippen LogP contribution in [0.3, 0.4) is 0 Å². The van der Waals surface area contributed by atoms with E-state index < -0.39 is 10.0 Å². The SMILES string of the molecule is CC[C@H]1CCCCN1C(=O)NCCc1ccc(S(N)(=O)=O)cc1. The van der Waals surface area contributed by atoms with E-state index in [4.69, 9.17) is 5.14 Å². The smallest absolute Gasteiger partial charge is 0.317 e. The molecule has 23 heavy (non-hydrogen) atoms. The number of carbonyl (C=O) groups is 1. The van der Waals surface area contributed by atoms with Gasteiger partial charge in [-0.25, -0.2) is 18.4 Å². The average molecular weight is 339 g/mol. The predicted molar refractivity (Wildman–Crippen MR) is 89.6 cm³/mol. The molecule has 0 spiro atoms. The van der Waals surface area contributed by atoms with E-state index in [1.807, 2.05) is 4.90 Å². The fourth-order valence-corrected chi connectivity index (χ4v) is 3.47. The molecule has 1 aliphatic heterocycles. The number of hydrogen-bond donors (Lipinski definition) is 2. The van der Waals surface area contributed by atoms with Crippen molar-refractivity contribution in [3.8, 4) is 0 Å². The van der Waals surface area contributed by atoms with Gasteiger partial charge >= 0.3 is 6.03 Å². The number of likely N-dealkylation sites (tertiary alicyclic amines) is 1. The summed E-state index contributed by atoms with van der Waals surface area (Å²) in [5.41, 5.74) is 0.961. The number of nitrogens with zero attached hydrogens (tertiary/aromatic N) is 1. The van der Waals surface area contributed by atoms with Crippen LogP contribution in [0.4, 0.5) is 4.79 Å². The van der Waals surface area contributed by atoms with Crippen LogP contribution in [0.2, 0.25) is 0 Å². The molecule has 128 valence electrons. The van der Waals surface area contributed by atoms with Crippen molar-refractivity contribution in [2.24, 2.45) is 5.14 Å². The highest BCUT2D eigenvalue weighted by Gasteiger charge is 2.24. The van der Waals surface area contributed by atoms with Crippen LogP contribution in [0, 0.1) is 0 Å². The molecule has 0 aromatic heterocycles. The summed E-state index contributed by atoms with van der Waals surface area (Å²) in [5.74, 6) is 0. The van der Waals surface area contributed by atoms with Crippen LogP contribution in [-0.4, -0.2) is 38.5 Å². The van der Waals surface area contributed by atoms with E-state index in [-0.39, 0.29) is 10.9 Å². The first kappa shape index (κ1) is 17.7. The maximum atomic E-state index is 12.3. The van der Waals surface area contributed by atoms with Crippen molar-refractivity contribution in [2.45, 2.75) is 50.0 Å². The molecule has 3 N–H and O–H groups in total. The summed E-state index contributed by atoms with van der Waals surface area (Å²) in [6.07, 6.45) is 4.99. The molecule has 1 saturated heterocycles. The molecule has 1 aliphatic rings. The normalized spacial score (nSPS) is 18.7. The first-order valence-corrected chi connectivity index (χ1v) is 9.62. The van der Waals surface area contributed by atoms with Gasteiger partial charge in [0.25, 0.3) is 0 Å². The number of benzene rings is 1. The first-order valence-electron chi connectivity index (χ1n) is 8.08. The molecule has 0 saturated carbocycles. The Labute approximate surface area is 138 Å². The Balaban J connectivity index is 1.83. The Morgan fingerprint density at radius 1 is 1.30 bits per heavy atom. The van der Waals surface area contributed by atoms with Gasteiger partial charge in [0.15, 0.2) is 0 Å². The van der Waals surface area contributed by atoms with Crippen molar-refractivity contribution in [3.05, 3.63) is 29.8 Å². The molecule has 1 aromatic carbocycles. The third-order valence-corrected chi connectivity index (χ3v) is 5.23. The molecule has 1 atom stereocenters. The lowest BCUT2D eigenvalue weighted by atomic mass is 10.0. The first-order chi connectivity index (χ1) is 10.9. The molecular weight excluding hydrogens is 314 g/mol. The van der Waals surface area contributed by atoms with E-state index >= 15 is 0 Å². The second kappa shape index (κ2) is 7.79. The quantitative estimate of drug-likeness (QED) is 0.857. The van der Waals surface area contributed by atoms with Crippen LogP contribution in [0.5, 0.6) is 0 Å². The van der Waals surface area contributed by atoms with Crippen LogP contribution in [0.25, 0.3) is 0 Å². The van der Waals surface area contributed by atoms with E-state index in [1.54, 1.807) is 12.1 Å². The number of primary sulfonamides is 1. The summed E-state index contributed by atoms with van der Waals surface area (Å²) in [6.45, 7) is 3.47. The van der Waals surface area contributed by atoms with Crippen molar-refractivity contribution < 1.29 is 13.2 Å². The minimum Gasteiger partial charge on any atom is -0.338 e. The molecule has 0 aliphatic carbocycles. The van der Waals surface area contributed by atoms with Gasteiger partial charge in [-0.05, 0) is 49.8 Å². The summed E-state index contributed by atoms with van der Waals surface area (Å²) in [7, 11) is -3.65. The second-order valence-electron chi connectivity index (χ2n) is 5.92. The lowest BCUT2D eigenvalue weighted by Gasteiger charge is -2.35. The largest absolute Gasteiger partial charge is 0.338 e. The standard InChI is InChI=1S/C16H25N3O3S/c1-2-14-5-3-4-12-19(14)16(20)18-11-10-13-6-8-15(9-7-13)23(17,21)22/h6-9,14H,2-5,10-12H2,1H3,(H,18,20)(H2,17,21,22)/t14-/m0/s1. The molecule has 2 rings (SSSR count). The molecular formula is C16H25N3O3S. The lowest BCUT2D eigenvalue weighted by Crippen LogP contribution is -2.48. The highest BCUT2D eigenvalue weighted by atomic mass is 32.2. The number of carbonyl (C=O) groups excluding carboxylic acids is 1. The van der Waals surface area contributed by atoms with Gasteiger partial charge in [-0.2, -0.15) is 0 Å². The van der Waals surface area contributed by atoms with E-state index in [0.29, 0.717) is 19.0 Å². The fourth-order valence-electron chi connectivity index (χ4n) is 2.95. The van der Waals surface area contributed by atoms with Gasteiger partial charge in [-0.15, -0.1) is 0 Å². The number of nitrogens with one attached hydrogen (secondary N) is 1.